The Bertz CT molecular complexity index is 550. The molecule has 1 aromatic carbocycles. The highest BCUT2D eigenvalue weighted by molar-refractivity contribution is 6.32. The predicted molar refractivity (Wildman–Crippen MR) is 90.6 cm³/mol. The topological polar surface area (TPSA) is 77.5 Å². The number of carbonyl (C=O) groups is 1. The number of hydrogen-bond donors (Lipinski definition) is 3. The van der Waals surface area contributed by atoms with Crippen LogP contribution in [0, 0.1) is 11.3 Å². The van der Waals surface area contributed by atoms with E-state index in [2.05, 4.69) is 10.6 Å². The van der Waals surface area contributed by atoms with Gasteiger partial charge in [-0.15, -0.1) is 12.4 Å². The molecule has 1 aliphatic carbocycles. The molecule has 0 unspecified atom stereocenters. The first-order chi connectivity index (χ1) is 10.0. The van der Waals surface area contributed by atoms with Crippen LogP contribution in [0.15, 0.2) is 18.2 Å². The molecule has 8 heteroatoms. The minimum absolute atomic E-state index is 0. The first-order valence-corrected chi connectivity index (χ1v) is 7.11. The van der Waals surface area contributed by atoms with Gasteiger partial charge in [0, 0.05) is 19.3 Å². The van der Waals surface area contributed by atoms with Crippen molar-refractivity contribution >= 4 is 41.7 Å². The van der Waals surface area contributed by atoms with E-state index in [1.165, 1.54) is 7.05 Å². The van der Waals surface area contributed by atoms with Crippen molar-refractivity contribution in [2.24, 2.45) is 5.92 Å². The molecule has 0 heterocycles. The Labute approximate surface area is 141 Å². The lowest BCUT2D eigenvalue weighted by Gasteiger charge is -2.25. The Morgan fingerprint density at radius 3 is 2.68 bits per heavy atom. The third-order valence-corrected chi connectivity index (χ3v) is 3.61. The summed E-state index contributed by atoms with van der Waals surface area (Å²) in [6.07, 6.45) is 2.29. The van der Waals surface area contributed by atoms with Gasteiger partial charge < -0.3 is 15.0 Å². The average Bonchev–Trinajstić information content (AvgIpc) is 3.28. The van der Waals surface area contributed by atoms with Crippen LogP contribution in [0.5, 0.6) is 5.75 Å². The Hall–Kier alpha value is -1.66. The lowest BCUT2D eigenvalue weighted by Crippen LogP contribution is -2.47. The summed E-state index contributed by atoms with van der Waals surface area (Å²) in [5, 5.41) is 13.5. The molecule has 6 nitrogen and oxygen atoms in total. The van der Waals surface area contributed by atoms with Crippen LogP contribution >= 0.6 is 24.0 Å². The fourth-order valence-electron chi connectivity index (χ4n) is 1.95. The number of carbonyl (C=O) groups excluding carboxylic acids is 1. The number of halogens is 2. The fourth-order valence-corrected chi connectivity index (χ4v) is 2.20. The number of nitrogens with one attached hydrogen (secondary N) is 3. The molecule has 0 atom stereocenters. The first kappa shape index (κ1) is 18.4. The van der Waals surface area contributed by atoms with Crippen molar-refractivity contribution in [3.05, 3.63) is 23.2 Å². The molecule has 0 spiro atoms. The van der Waals surface area contributed by atoms with Crippen LogP contribution in [-0.4, -0.2) is 32.7 Å². The molecule has 1 saturated carbocycles. The van der Waals surface area contributed by atoms with Gasteiger partial charge in [-0.25, -0.2) is 4.79 Å². The van der Waals surface area contributed by atoms with E-state index in [1.807, 2.05) is 6.07 Å². The molecular formula is C14H20Cl2N4O2. The van der Waals surface area contributed by atoms with E-state index < -0.39 is 6.03 Å². The normalized spacial score (nSPS) is 12.9. The van der Waals surface area contributed by atoms with Gasteiger partial charge in [0.25, 0.3) is 0 Å². The van der Waals surface area contributed by atoms with E-state index in [0.717, 1.165) is 18.5 Å². The Balaban J connectivity index is 0.00000242. The van der Waals surface area contributed by atoms with Crippen LogP contribution in [0.25, 0.3) is 0 Å². The number of benzene rings is 1. The molecule has 1 aromatic rings. The summed E-state index contributed by atoms with van der Waals surface area (Å²) in [5.41, 5.74) is 0.758. The minimum atomic E-state index is -0.416. The molecule has 0 saturated heterocycles. The monoisotopic (exact) mass is 346 g/mol. The van der Waals surface area contributed by atoms with Gasteiger partial charge >= 0.3 is 6.03 Å². The highest BCUT2D eigenvalue weighted by Gasteiger charge is 2.27. The number of urea groups is 1. The molecular weight excluding hydrogens is 327 g/mol. The van der Waals surface area contributed by atoms with Crippen molar-refractivity contribution in [2.45, 2.75) is 12.8 Å². The van der Waals surface area contributed by atoms with Crippen LogP contribution in [-0.2, 0) is 0 Å². The van der Waals surface area contributed by atoms with Gasteiger partial charge in [0.15, 0.2) is 0 Å². The molecule has 0 bridgehead atoms. The second-order valence-corrected chi connectivity index (χ2v) is 5.33. The van der Waals surface area contributed by atoms with Crippen molar-refractivity contribution in [2.75, 3.05) is 25.6 Å². The molecule has 0 aliphatic heterocycles. The number of ether oxygens (including phenoxy) is 1. The van der Waals surface area contributed by atoms with Crippen LogP contribution in [0.4, 0.5) is 10.5 Å². The molecule has 122 valence electrons. The number of guanidine groups is 1. The van der Waals surface area contributed by atoms with Crippen molar-refractivity contribution in [1.82, 2.24) is 10.6 Å². The highest BCUT2D eigenvalue weighted by Crippen LogP contribution is 2.34. The number of methoxy groups -OCH3 is 1. The lowest BCUT2D eigenvalue weighted by atomic mass is 10.2. The van der Waals surface area contributed by atoms with Crippen molar-refractivity contribution in [1.29, 1.82) is 5.41 Å². The Morgan fingerprint density at radius 1 is 1.50 bits per heavy atom. The molecule has 0 radical (unpaired) electrons. The van der Waals surface area contributed by atoms with Gasteiger partial charge in [0.1, 0.15) is 5.75 Å². The quantitative estimate of drug-likeness (QED) is 0.579. The van der Waals surface area contributed by atoms with Crippen LogP contribution in [0.3, 0.4) is 0 Å². The summed E-state index contributed by atoms with van der Waals surface area (Å²) in [7, 11) is 3.07. The second-order valence-electron chi connectivity index (χ2n) is 4.93. The standard InChI is InChI=1S/C14H19ClN4O2.ClH/c1-17-14(20)18-13(16)19(8-9-3-4-9)10-5-6-12(21-2)11(15)7-10;/h5-7,9H,3-4,8H2,1-2H3,(H3,16,17,18,20);1H. The molecule has 1 aliphatic rings. The number of amides is 2. The summed E-state index contributed by atoms with van der Waals surface area (Å²) < 4.78 is 5.13. The SMILES string of the molecule is CNC(=O)NC(=N)N(CC1CC1)c1ccc(OC)c(Cl)c1.Cl. The van der Waals surface area contributed by atoms with Gasteiger partial charge in [-0.1, -0.05) is 11.6 Å². The van der Waals surface area contributed by atoms with Gasteiger partial charge in [-0.3, -0.25) is 10.7 Å². The van der Waals surface area contributed by atoms with Gasteiger partial charge in [0.2, 0.25) is 5.96 Å². The summed E-state index contributed by atoms with van der Waals surface area (Å²) in [6.45, 7) is 0.686. The van der Waals surface area contributed by atoms with Gasteiger partial charge in [-0.05, 0) is 37.0 Å². The number of hydrogen-bond acceptors (Lipinski definition) is 3. The van der Waals surface area contributed by atoms with Crippen LogP contribution in [0.2, 0.25) is 5.02 Å². The Morgan fingerprint density at radius 2 is 2.18 bits per heavy atom. The maximum absolute atomic E-state index is 11.4. The van der Waals surface area contributed by atoms with Gasteiger partial charge in [0.05, 0.1) is 12.1 Å². The zero-order valence-corrected chi connectivity index (χ0v) is 14.1. The first-order valence-electron chi connectivity index (χ1n) is 6.73. The van der Waals surface area contributed by atoms with E-state index in [0.29, 0.717) is 23.2 Å². The lowest BCUT2D eigenvalue weighted by molar-refractivity contribution is 0.247. The van der Waals surface area contributed by atoms with E-state index in [4.69, 9.17) is 21.7 Å². The summed E-state index contributed by atoms with van der Waals surface area (Å²) in [5.74, 6) is 1.16. The number of anilines is 1. The molecule has 3 N–H and O–H groups in total. The van der Waals surface area contributed by atoms with E-state index in [-0.39, 0.29) is 18.4 Å². The summed E-state index contributed by atoms with van der Waals surface area (Å²) in [6, 6.07) is 4.90. The average molecular weight is 347 g/mol. The van der Waals surface area contributed by atoms with Crippen molar-refractivity contribution < 1.29 is 9.53 Å². The van der Waals surface area contributed by atoms with Crippen molar-refractivity contribution in [3.63, 3.8) is 0 Å². The van der Waals surface area contributed by atoms with Crippen LogP contribution < -0.4 is 20.3 Å². The van der Waals surface area contributed by atoms with Crippen molar-refractivity contribution in [3.8, 4) is 5.75 Å². The summed E-state index contributed by atoms with van der Waals surface area (Å²) >= 11 is 6.14. The smallest absolute Gasteiger partial charge is 0.321 e. The summed E-state index contributed by atoms with van der Waals surface area (Å²) in [4.78, 5) is 13.1. The highest BCUT2D eigenvalue weighted by atomic mass is 35.5. The molecule has 0 aromatic heterocycles. The Kier molecular flexibility index (Phi) is 6.77. The third-order valence-electron chi connectivity index (χ3n) is 3.31. The molecule has 1 fully saturated rings. The van der Waals surface area contributed by atoms with E-state index in [9.17, 15) is 4.79 Å². The van der Waals surface area contributed by atoms with E-state index >= 15 is 0 Å². The maximum atomic E-state index is 11.4. The number of nitrogens with zero attached hydrogens (tertiary/aromatic N) is 1. The zero-order valence-electron chi connectivity index (χ0n) is 12.5. The maximum Gasteiger partial charge on any atom is 0.321 e. The predicted octanol–water partition coefficient (Wildman–Crippen LogP) is 2.85. The fraction of sp³-hybridized carbons (Fsp3) is 0.429. The zero-order chi connectivity index (χ0) is 15.4. The third kappa shape index (κ3) is 4.68. The molecule has 2 amide bonds. The largest absolute Gasteiger partial charge is 0.495 e. The number of rotatable bonds is 4. The van der Waals surface area contributed by atoms with E-state index in [1.54, 1.807) is 24.1 Å². The van der Waals surface area contributed by atoms with Gasteiger partial charge in [-0.2, -0.15) is 0 Å². The minimum Gasteiger partial charge on any atom is -0.495 e. The van der Waals surface area contributed by atoms with Crippen LogP contribution in [0.1, 0.15) is 12.8 Å². The molecule has 22 heavy (non-hydrogen) atoms. The second kappa shape index (κ2) is 8.10. The molecule has 2 rings (SSSR count).